The first-order chi connectivity index (χ1) is 9.61. The van der Waals surface area contributed by atoms with Crippen molar-refractivity contribution in [1.29, 1.82) is 0 Å². The first-order valence-corrected chi connectivity index (χ1v) is 6.93. The van der Waals surface area contributed by atoms with Gasteiger partial charge in [0.1, 0.15) is 5.82 Å². The lowest BCUT2D eigenvalue weighted by molar-refractivity contribution is -0.131. The zero-order valence-electron chi connectivity index (χ0n) is 11.1. The van der Waals surface area contributed by atoms with Gasteiger partial charge in [0.05, 0.1) is 6.04 Å². The summed E-state index contributed by atoms with van der Waals surface area (Å²) in [5.74, 6) is 0.166. The average Bonchev–Trinajstić information content (AvgIpc) is 2.93. The van der Waals surface area contributed by atoms with Gasteiger partial charge in [-0.2, -0.15) is 0 Å². The summed E-state index contributed by atoms with van der Waals surface area (Å²) in [7, 11) is 0. The van der Waals surface area contributed by atoms with Crippen LogP contribution in [-0.4, -0.2) is 35.8 Å². The van der Waals surface area contributed by atoms with Gasteiger partial charge < -0.3 is 10.2 Å². The Kier molecular flexibility index (Phi) is 3.42. The van der Waals surface area contributed by atoms with Crippen molar-refractivity contribution in [2.45, 2.75) is 25.3 Å². The first kappa shape index (κ1) is 13.1. The minimum absolute atomic E-state index is 0.0814. The molecule has 2 saturated heterocycles. The van der Waals surface area contributed by atoms with Crippen molar-refractivity contribution in [3.63, 3.8) is 0 Å². The van der Waals surface area contributed by atoms with E-state index in [2.05, 4.69) is 5.32 Å². The first-order valence-electron chi connectivity index (χ1n) is 6.93. The number of nitrogens with zero attached hydrogens (tertiary/aromatic N) is 1. The molecule has 20 heavy (non-hydrogen) atoms. The van der Waals surface area contributed by atoms with Gasteiger partial charge in [0.2, 0.25) is 11.8 Å². The maximum absolute atomic E-state index is 13.0. The monoisotopic (exact) mass is 276 g/mol. The van der Waals surface area contributed by atoms with Gasteiger partial charge in [-0.25, -0.2) is 4.39 Å². The van der Waals surface area contributed by atoms with E-state index in [1.54, 1.807) is 6.07 Å². The van der Waals surface area contributed by atoms with E-state index in [0.29, 0.717) is 32.4 Å². The highest BCUT2D eigenvalue weighted by Gasteiger charge is 2.41. The predicted octanol–water partition coefficient (Wildman–Crippen LogP) is 1.11. The SMILES string of the molecule is O=C1C[C@H]2CN(C(=O)CCc3cccc(F)c3)C[C@H]2N1. The van der Waals surface area contributed by atoms with Crippen molar-refractivity contribution in [3.8, 4) is 0 Å². The van der Waals surface area contributed by atoms with E-state index in [4.69, 9.17) is 0 Å². The highest BCUT2D eigenvalue weighted by atomic mass is 19.1. The summed E-state index contributed by atoms with van der Waals surface area (Å²) in [6.45, 7) is 1.27. The molecule has 0 saturated carbocycles. The third kappa shape index (κ3) is 2.66. The standard InChI is InChI=1S/C15H17FN2O2/c16-12-3-1-2-10(6-12)4-5-15(20)18-8-11-7-14(19)17-13(11)9-18/h1-3,6,11,13H,4-5,7-9H2,(H,17,19)/t11-,13+/m0/s1. The number of halogens is 1. The van der Waals surface area contributed by atoms with E-state index in [-0.39, 0.29) is 29.6 Å². The minimum atomic E-state index is -0.270. The molecule has 5 heteroatoms. The van der Waals surface area contributed by atoms with Crippen LogP contribution in [0.15, 0.2) is 24.3 Å². The molecule has 3 rings (SSSR count). The molecule has 0 radical (unpaired) electrons. The van der Waals surface area contributed by atoms with Crippen LogP contribution >= 0.6 is 0 Å². The topological polar surface area (TPSA) is 49.4 Å². The summed E-state index contributed by atoms with van der Waals surface area (Å²) >= 11 is 0. The second-order valence-corrected chi connectivity index (χ2v) is 5.57. The molecule has 0 unspecified atom stereocenters. The summed E-state index contributed by atoms with van der Waals surface area (Å²) in [6.07, 6.45) is 1.46. The average molecular weight is 276 g/mol. The van der Waals surface area contributed by atoms with Crippen molar-refractivity contribution in [2.75, 3.05) is 13.1 Å². The minimum Gasteiger partial charge on any atom is -0.351 e. The smallest absolute Gasteiger partial charge is 0.222 e. The van der Waals surface area contributed by atoms with E-state index >= 15 is 0 Å². The van der Waals surface area contributed by atoms with Gasteiger partial charge in [-0.3, -0.25) is 9.59 Å². The Balaban J connectivity index is 1.52. The largest absolute Gasteiger partial charge is 0.351 e. The molecule has 2 aliphatic heterocycles. The van der Waals surface area contributed by atoms with Crippen LogP contribution in [0.3, 0.4) is 0 Å². The van der Waals surface area contributed by atoms with Gasteiger partial charge in [-0.15, -0.1) is 0 Å². The molecule has 106 valence electrons. The van der Waals surface area contributed by atoms with Crippen molar-refractivity contribution in [1.82, 2.24) is 10.2 Å². The number of hydrogen-bond donors (Lipinski definition) is 1. The Morgan fingerprint density at radius 1 is 1.40 bits per heavy atom. The number of fused-ring (bicyclic) bond motifs is 1. The van der Waals surface area contributed by atoms with Crippen LogP contribution < -0.4 is 5.32 Å². The molecule has 2 atom stereocenters. The van der Waals surface area contributed by atoms with Crippen LogP contribution in [0.1, 0.15) is 18.4 Å². The number of benzene rings is 1. The van der Waals surface area contributed by atoms with Gasteiger partial charge >= 0.3 is 0 Å². The number of carbonyl (C=O) groups excluding carboxylic acids is 2. The number of rotatable bonds is 3. The number of carbonyl (C=O) groups is 2. The molecule has 2 heterocycles. The van der Waals surface area contributed by atoms with Crippen LogP contribution in [0, 0.1) is 11.7 Å². The fourth-order valence-corrected chi connectivity index (χ4v) is 3.05. The summed E-state index contributed by atoms with van der Waals surface area (Å²) in [5, 5.41) is 2.90. The number of likely N-dealkylation sites (tertiary alicyclic amines) is 1. The molecule has 2 amide bonds. The summed E-state index contributed by atoms with van der Waals surface area (Å²) in [4.78, 5) is 25.2. The number of hydrogen-bond acceptors (Lipinski definition) is 2. The number of amides is 2. The molecule has 1 N–H and O–H groups in total. The Bertz CT molecular complexity index is 530. The zero-order chi connectivity index (χ0) is 14.1. The van der Waals surface area contributed by atoms with Crippen LogP contribution in [0.4, 0.5) is 4.39 Å². The Hall–Kier alpha value is -1.91. The molecule has 2 fully saturated rings. The molecule has 0 aromatic heterocycles. The van der Waals surface area contributed by atoms with Gasteiger partial charge in [0.15, 0.2) is 0 Å². The lowest BCUT2D eigenvalue weighted by atomic mass is 10.1. The van der Waals surface area contributed by atoms with E-state index in [0.717, 1.165) is 5.56 Å². The second kappa shape index (κ2) is 5.23. The number of aryl methyl sites for hydroxylation is 1. The highest BCUT2D eigenvalue weighted by molar-refractivity contribution is 5.81. The van der Waals surface area contributed by atoms with Crippen LogP contribution in [0.2, 0.25) is 0 Å². The molecule has 0 aliphatic carbocycles. The fraction of sp³-hybridized carbons (Fsp3) is 0.467. The molecule has 0 bridgehead atoms. The molecule has 4 nitrogen and oxygen atoms in total. The van der Waals surface area contributed by atoms with E-state index < -0.39 is 0 Å². The van der Waals surface area contributed by atoms with Crippen molar-refractivity contribution >= 4 is 11.8 Å². The second-order valence-electron chi connectivity index (χ2n) is 5.57. The van der Waals surface area contributed by atoms with Gasteiger partial charge in [0, 0.05) is 31.8 Å². The molecule has 1 aromatic carbocycles. The summed E-state index contributed by atoms with van der Waals surface area (Å²) < 4.78 is 13.0. The Morgan fingerprint density at radius 2 is 2.25 bits per heavy atom. The van der Waals surface area contributed by atoms with Crippen molar-refractivity contribution < 1.29 is 14.0 Å². The van der Waals surface area contributed by atoms with E-state index in [1.807, 2.05) is 11.0 Å². The van der Waals surface area contributed by atoms with Gasteiger partial charge in [-0.05, 0) is 24.1 Å². The van der Waals surface area contributed by atoms with Crippen molar-refractivity contribution in [3.05, 3.63) is 35.6 Å². The highest BCUT2D eigenvalue weighted by Crippen LogP contribution is 2.25. The normalized spacial score (nSPS) is 24.6. The molecular formula is C15H17FN2O2. The lowest BCUT2D eigenvalue weighted by Gasteiger charge is -2.17. The zero-order valence-corrected chi connectivity index (χ0v) is 11.1. The van der Waals surface area contributed by atoms with Gasteiger partial charge in [0.25, 0.3) is 0 Å². The van der Waals surface area contributed by atoms with Crippen LogP contribution in [-0.2, 0) is 16.0 Å². The predicted molar refractivity (Wildman–Crippen MR) is 71.3 cm³/mol. The van der Waals surface area contributed by atoms with Crippen LogP contribution in [0.25, 0.3) is 0 Å². The fourth-order valence-electron chi connectivity index (χ4n) is 3.05. The lowest BCUT2D eigenvalue weighted by Crippen LogP contribution is -2.35. The molecule has 1 aromatic rings. The van der Waals surface area contributed by atoms with Gasteiger partial charge in [-0.1, -0.05) is 12.1 Å². The molecule has 2 aliphatic rings. The molecular weight excluding hydrogens is 259 g/mol. The summed E-state index contributed by atoms with van der Waals surface area (Å²) in [5.41, 5.74) is 0.839. The third-order valence-electron chi connectivity index (χ3n) is 4.10. The maximum atomic E-state index is 13.0. The maximum Gasteiger partial charge on any atom is 0.222 e. The van der Waals surface area contributed by atoms with Crippen molar-refractivity contribution in [2.24, 2.45) is 5.92 Å². The Labute approximate surface area is 117 Å². The van der Waals surface area contributed by atoms with E-state index in [9.17, 15) is 14.0 Å². The Morgan fingerprint density at radius 3 is 3.00 bits per heavy atom. The number of nitrogens with one attached hydrogen (secondary N) is 1. The van der Waals surface area contributed by atoms with Crippen LogP contribution in [0.5, 0.6) is 0 Å². The molecule has 0 spiro atoms. The quantitative estimate of drug-likeness (QED) is 0.899. The van der Waals surface area contributed by atoms with E-state index in [1.165, 1.54) is 12.1 Å². The third-order valence-corrected chi connectivity index (χ3v) is 4.10. The summed E-state index contributed by atoms with van der Waals surface area (Å²) in [6, 6.07) is 6.47.